The summed E-state index contributed by atoms with van der Waals surface area (Å²) in [6.45, 7) is -2.80. The molecule has 2 aromatic rings. The lowest BCUT2D eigenvalue weighted by Gasteiger charge is -2.47. The minimum Gasteiger partial charge on any atom is -0.488 e. The predicted octanol–water partition coefficient (Wildman–Crippen LogP) is 3.62. The molecule has 154 valence electrons. The van der Waals surface area contributed by atoms with Crippen LogP contribution in [-0.2, 0) is 4.74 Å². The van der Waals surface area contributed by atoms with Gasteiger partial charge in [0.2, 0.25) is 5.75 Å². The number of benzene rings is 1. The number of nitrogens with zero attached hydrogens (tertiary/aromatic N) is 1. The number of rotatable bonds is 4. The number of alkyl halides is 2. The summed E-state index contributed by atoms with van der Waals surface area (Å²) in [6, 6.07) is 2.42. The van der Waals surface area contributed by atoms with Crippen LogP contribution in [0.25, 0.3) is 0 Å². The van der Waals surface area contributed by atoms with Crippen molar-refractivity contribution in [2.24, 2.45) is 11.1 Å². The summed E-state index contributed by atoms with van der Waals surface area (Å²) in [6.07, 6.45) is 2.28. The van der Waals surface area contributed by atoms with Crippen LogP contribution < -0.4 is 19.9 Å². The molecular weight excluding hydrogens is 433 g/mol. The lowest BCUT2D eigenvalue weighted by molar-refractivity contribution is -0.213. The Hall–Kier alpha value is -2.36. The van der Waals surface area contributed by atoms with Crippen molar-refractivity contribution in [2.45, 2.75) is 12.7 Å². The number of carbonyl (C=O) groups excluding carboxylic acids is 1. The second kappa shape index (κ2) is 7.47. The van der Waals surface area contributed by atoms with Gasteiger partial charge in [-0.05, 0) is 12.1 Å². The number of fused-ring (bicyclic) bond motifs is 1. The van der Waals surface area contributed by atoms with Gasteiger partial charge in [0, 0.05) is 18.0 Å². The van der Waals surface area contributed by atoms with Crippen LogP contribution in [0.4, 0.5) is 8.78 Å². The quantitative estimate of drug-likeness (QED) is 0.770. The minimum absolute atomic E-state index is 0.0153. The number of hydrogen-bond acceptors (Lipinski definition) is 6. The third kappa shape index (κ3) is 3.43. The second-order valence-electron chi connectivity index (χ2n) is 6.66. The van der Waals surface area contributed by atoms with Crippen LogP contribution in [0, 0.1) is 5.41 Å². The first kappa shape index (κ1) is 19.9. The number of amides is 1. The molecule has 2 aliphatic heterocycles. The molecule has 11 heteroatoms. The van der Waals surface area contributed by atoms with Gasteiger partial charge < -0.3 is 24.7 Å². The maximum absolute atomic E-state index is 12.8. The van der Waals surface area contributed by atoms with E-state index in [4.69, 9.17) is 43.1 Å². The molecule has 1 fully saturated rings. The molecular formula is C18H14Cl2F2N2O5. The predicted molar refractivity (Wildman–Crippen MR) is 98.0 cm³/mol. The Morgan fingerprint density at radius 2 is 1.83 bits per heavy atom. The third-order valence-electron chi connectivity index (χ3n) is 4.81. The fourth-order valence-electron chi connectivity index (χ4n) is 3.38. The minimum atomic E-state index is -3.09. The molecule has 2 unspecified atom stereocenters. The first-order valence-electron chi connectivity index (χ1n) is 8.40. The molecule has 2 atom stereocenters. The Balaban J connectivity index is 1.71. The summed E-state index contributed by atoms with van der Waals surface area (Å²) in [5.74, 6) is -1.26. The Kier molecular flexibility index (Phi) is 5.14. The molecule has 1 aromatic carbocycles. The Morgan fingerprint density at radius 1 is 1.17 bits per heavy atom. The van der Waals surface area contributed by atoms with Gasteiger partial charge in [0.05, 0.1) is 33.7 Å². The third-order valence-corrected chi connectivity index (χ3v) is 5.41. The van der Waals surface area contributed by atoms with Gasteiger partial charge in [0.25, 0.3) is 5.91 Å². The van der Waals surface area contributed by atoms with E-state index in [1.54, 1.807) is 0 Å². The fourth-order valence-corrected chi connectivity index (χ4v) is 3.94. The molecule has 2 N–H and O–H groups in total. The topological polar surface area (TPSA) is 92.9 Å². The van der Waals surface area contributed by atoms with E-state index in [-0.39, 0.29) is 42.6 Å². The first-order chi connectivity index (χ1) is 13.8. The fraction of sp³-hybridized carbons (Fsp3) is 0.333. The zero-order valence-electron chi connectivity index (χ0n) is 14.7. The van der Waals surface area contributed by atoms with Crippen LogP contribution in [0.5, 0.6) is 17.2 Å². The number of nitrogens with two attached hydrogens (primary N) is 1. The number of primary amides is 1. The number of hydrogen-bond donors (Lipinski definition) is 1. The van der Waals surface area contributed by atoms with Crippen molar-refractivity contribution in [2.75, 3.05) is 19.8 Å². The number of halogens is 4. The van der Waals surface area contributed by atoms with Crippen LogP contribution >= 0.6 is 23.2 Å². The molecule has 29 heavy (non-hydrogen) atoms. The highest BCUT2D eigenvalue weighted by Gasteiger charge is 2.54. The van der Waals surface area contributed by atoms with Gasteiger partial charge in [0.15, 0.2) is 11.5 Å². The van der Waals surface area contributed by atoms with Gasteiger partial charge in [-0.25, -0.2) is 0 Å². The van der Waals surface area contributed by atoms with Crippen molar-refractivity contribution in [1.29, 1.82) is 0 Å². The molecule has 2 aliphatic rings. The van der Waals surface area contributed by atoms with Crippen molar-refractivity contribution < 1.29 is 32.5 Å². The number of aromatic nitrogens is 1. The summed E-state index contributed by atoms with van der Waals surface area (Å²) in [5, 5.41) is 0.616. The summed E-state index contributed by atoms with van der Waals surface area (Å²) in [4.78, 5) is 15.7. The molecule has 4 rings (SSSR count). The standard InChI is InChI=1S/C18H14Cl2F2N2O5/c19-9-3-24-4-10(20)12(9)15-18(7-28-15)5-26-13-8(16(23)25)1-2-11(29-17(21)22)14(13)27-6-18/h1-4,15,17H,5-7H2,(H2,23,25). The molecule has 7 nitrogen and oxygen atoms in total. The van der Waals surface area contributed by atoms with E-state index in [1.807, 2.05) is 0 Å². The van der Waals surface area contributed by atoms with Crippen LogP contribution in [-0.4, -0.2) is 37.3 Å². The largest absolute Gasteiger partial charge is 0.488 e. The summed E-state index contributed by atoms with van der Waals surface area (Å²) < 4.78 is 47.4. The molecule has 1 amide bonds. The lowest BCUT2D eigenvalue weighted by Crippen LogP contribution is -2.53. The second-order valence-corrected chi connectivity index (χ2v) is 7.47. The van der Waals surface area contributed by atoms with E-state index < -0.39 is 24.0 Å². The van der Waals surface area contributed by atoms with Crippen molar-refractivity contribution >= 4 is 29.1 Å². The van der Waals surface area contributed by atoms with Crippen LogP contribution in [0.2, 0.25) is 10.0 Å². The summed E-state index contributed by atoms with van der Waals surface area (Å²) in [5.41, 5.74) is 5.15. The number of ether oxygens (including phenoxy) is 4. The van der Waals surface area contributed by atoms with Gasteiger partial charge in [0.1, 0.15) is 13.2 Å². The lowest BCUT2D eigenvalue weighted by atomic mass is 9.76. The van der Waals surface area contributed by atoms with Crippen molar-refractivity contribution in [3.8, 4) is 17.2 Å². The smallest absolute Gasteiger partial charge is 0.387 e. The Bertz CT molecular complexity index is 957. The van der Waals surface area contributed by atoms with Crippen molar-refractivity contribution in [3.63, 3.8) is 0 Å². The number of carbonyl (C=O) groups is 1. The van der Waals surface area contributed by atoms with Crippen molar-refractivity contribution in [3.05, 3.63) is 45.7 Å². The average Bonchev–Trinajstić information content (AvgIpc) is 2.85. The monoisotopic (exact) mass is 446 g/mol. The van der Waals surface area contributed by atoms with Crippen molar-refractivity contribution in [1.82, 2.24) is 4.98 Å². The number of pyridine rings is 1. The van der Waals surface area contributed by atoms with Crippen LogP contribution in [0.3, 0.4) is 0 Å². The highest BCUT2D eigenvalue weighted by molar-refractivity contribution is 6.35. The van der Waals surface area contributed by atoms with Crippen LogP contribution in [0.1, 0.15) is 22.0 Å². The Labute approximate surface area is 173 Å². The summed E-state index contributed by atoms with van der Waals surface area (Å²) >= 11 is 12.5. The molecule has 0 bridgehead atoms. The molecule has 0 saturated carbocycles. The van der Waals surface area contributed by atoms with Gasteiger partial charge in [-0.2, -0.15) is 8.78 Å². The Morgan fingerprint density at radius 3 is 2.38 bits per heavy atom. The van der Waals surface area contributed by atoms with E-state index in [2.05, 4.69) is 9.72 Å². The first-order valence-corrected chi connectivity index (χ1v) is 9.16. The molecule has 0 aliphatic carbocycles. The molecule has 3 heterocycles. The zero-order chi connectivity index (χ0) is 20.8. The molecule has 1 spiro atoms. The maximum Gasteiger partial charge on any atom is 0.387 e. The molecule has 1 saturated heterocycles. The molecule has 0 radical (unpaired) electrons. The van der Waals surface area contributed by atoms with Gasteiger partial charge in [-0.15, -0.1) is 0 Å². The van der Waals surface area contributed by atoms with Gasteiger partial charge in [-0.1, -0.05) is 23.2 Å². The highest BCUT2D eigenvalue weighted by Crippen LogP contribution is 2.54. The SMILES string of the molecule is NC(=O)c1ccc(OC(F)F)c2c1OCC1(CO2)COC1c1c(Cl)cncc1Cl. The van der Waals surface area contributed by atoms with E-state index in [0.717, 1.165) is 0 Å². The zero-order valence-corrected chi connectivity index (χ0v) is 16.2. The van der Waals surface area contributed by atoms with E-state index >= 15 is 0 Å². The summed E-state index contributed by atoms with van der Waals surface area (Å²) in [7, 11) is 0. The van der Waals surface area contributed by atoms with Crippen LogP contribution in [0.15, 0.2) is 24.5 Å². The molecule has 1 aromatic heterocycles. The highest BCUT2D eigenvalue weighted by atomic mass is 35.5. The van der Waals surface area contributed by atoms with E-state index in [9.17, 15) is 13.6 Å². The normalized spacial score (nSPS) is 22.9. The average molecular weight is 447 g/mol. The van der Waals surface area contributed by atoms with Gasteiger partial charge in [-0.3, -0.25) is 9.78 Å². The van der Waals surface area contributed by atoms with E-state index in [1.165, 1.54) is 24.5 Å². The maximum atomic E-state index is 12.8. The van der Waals surface area contributed by atoms with E-state index in [0.29, 0.717) is 15.6 Å². The van der Waals surface area contributed by atoms with Gasteiger partial charge >= 0.3 is 6.61 Å².